The normalized spacial score (nSPS) is 13.9. The maximum atomic E-state index is 14.8. The van der Waals surface area contributed by atoms with E-state index in [2.05, 4.69) is 26.0 Å². The summed E-state index contributed by atoms with van der Waals surface area (Å²) in [6.07, 6.45) is -4.94. The van der Waals surface area contributed by atoms with Gasteiger partial charge in [0.25, 0.3) is 0 Å². The zero-order valence-electron chi connectivity index (χ0n) is 18.1. The van der Waals surface area contributed by atoms with E-state index >= 15 is 0 Å². The highest BCUT2D eigenvalue weighted by Crippen LogP contribution is 2.34. The molecule has 0 fully saturated rings. The lowest BCUT2D eigenvalue weighted by Crippen LogP contribution is -2.49. The highest BCUT2D eigenvalue weighted by molar-refractivity contribution is 9.10. The lowest BCUT2D eigenvalue weighted by atomic mass is 9.91. The van der Waals surface area contributed by atoms with Crippen molar-refractivity contribution in [3.8, 4) is 0 Å². The van der Waals surface area contributed by atoms with E-state index in [1.165, 1.54) is 19.1 Å². The first-order valence-corrected chi connectivity index (χ1v) is 10.2. The van der Waals surface area contributed by atoms with E-state index < -0.39 is 53.0 Å². The Morgan fingerprint density at radius 2 is 1.75 bits per heavy atom. The number of carbonyl (C=O) groups is 2. The molecule has 2 aromatic rings. The van der Waals surface area contributed by atoms with Crippen molar-refractivity contribution in [2.45, 2.75) is 51.6 Å². The molecule has 11 heteroatoms. The molecule has 0 aliphatic carbocycles. The smallest absolute Gasteiger partial charge is 0.417 e. The molecule has 1 aromatic carbocycles. The quantitative estimate of drug-likeness (QED) is 0.407. The van der Waals surface area contributed by atoms with Crippen LogP contribution in [-0.2, 0) is 27.7 Å². The van der Waals surface area contributed by atoms with Crippen LogP contribution in [-0.4, -0.2) is 29.3 Å². The van der Waals surface area contributed by atoms with E-state index in [1.54, 1.807) is 20.8 Å². The van der Waals surface area contributed by atoms with Crippen molar-refractivity contribution < 1.29 is 36.6 Å². The topological polar surface area (TPSA) is 69.6 Å². The molecule has 1 heterocycles. The summed E-state index contributed by atoms with van der Waals surface area (Å²) in [6, 6.07) is 4.60. The Bertz CT molecular complexity index is 1010. The van der Waals surface area contributed by atoms with Gasteiger partial charge in [-0.25, -0.2) is 14.0 Å². The lowest BCUT2D eigenvalue weighted by Gasteiger charge is -2.34. The van der Waals surface area contributed by atoms with E-state index in [4.69, 9.17) is 4.74 Å². The van der Waals surface area contributed by atoms with Crippen LogP contribution < -0.4 is 5.32 Å². The Morgan fingerprint density at radius 3 is 2.28 bits per heavy atom. The van der Waals surface area contributed by atoms with Gasteiger partial charge in [-0.05, 0) is 52.0 Å². The van der Waals surface area contributed by atoms with E-state index in [0.29, 0.717) is 16.7 Å². The lowest BCUT2D eigenvalue weighted by molar-refractivity contribution is -0.137. The standard InChI is InChI=1S/C21H23BrF4N2O4/c1-19(2,3)32-18(30)27-20(4,14-9-13(22)6-7-15(14)23)11-28-10-12(21(24,25)26)8-16(28)17(29)31-5/h6-10H,11H2,1-5H3,(H,27,30). The Balaban J connectivity index is 2.61. The van der Waals surface area contributed by atoms with Gasteiger partial charge in [-0.1, -0.05) is 15.9 Å². The van der Waals surface area contributed by atoms with Crippen molar-refractivity contribution in [3.63, 3.8) is 0 Å². The first-order chi connectivity index (χ1) is 14.6. The molecule has 1 N–H and O–H groups in total. The van der Waals surface area contributed by atoms with Crippen LogP contribution in [0.25, 0.3) is 0 Å². The van der Waals surface area contributed by atoms with Crippen molar-refractivity contribution in [1.82, 2.24) is 9.88 Å². The number of carbonyl (C=O) groups excluding carboxylic acids is 2. The van der Waals surface area contributed by atoms with E-state index in [-0.39, 0.29) is 5.56 Å². The second-order valence-corrected chi connectivity index (χ2v) is 9.23. The number of methoxy groups -OCH3 is 1. The highest BCUT2D eigenvalue weighted by Gasteiger charge is 2.38. The second kappa shape index (κ2) is 9.13. The number of hydrogen-bond donors (Lipinski definition) is 1. The summed E-state index contributed by atoms with van der Waals surface area (Å²) in [7, 11) is 1.03. The first-order valence-electron chi connectivity index (χ1n) is 9.38. The third-order valence-corrected chi connectivity index (χ3v) is 4.90. The van der Waals surface area contributed by atoms with Gasteiger partial charge in [-0.3, -0.25) is 0 Å². The third-order valence-electron chi connectivity index (χ3n) is 4.40. The predicted octanol–water partition coefficient (Wildman–Crippen LogP) is 5.64. The van der Waals surface area contributed by atoms with Crippen LogP contribution in [0.15, 0.2) is 34.9 Å². The number of hydrogen-bond acceptors (Lipinski definition) is 4. The summed E-state index contributed by atoms with van der Waals surface area (Å²) >= 11 is 3.23. The molecule has 0 aliphatic heterocycles. The van der Waals surface area contributed by atoms with Crippen LogP contribution in [0.3, 0.4) is 0 Å². The van der Waals surface area contributed by atoms with Crippen LogP contribution in [0.1, 0.15) is 49.3 Å². The fraction of sp³-hybridized carbons (Fsp3) is 0.429. The minimum atomic E-state index is -4.73. The number of benzene rings is 1. The molecule has 32 heavy (non-hydrogen) atoms. The number of alkyl halides is 3. The summed E-state index contributed by atoms with van der Waals surface area (Å²) in [4.78, 5) is 24.6. The second-order valence-electron chi connectivity index (χ2n) is 8.31. The van der Waals surface area contributed by atoms with Gasteiger partial charge in [0, 0.05) is 16.2 Å². The molecule has 1 unspecified atom stereocenters. The molecule has 0 spiro atoms. The molecule has 0 saturated heterocycles. The molecule has 0 saturated carbocycles. The molecule has 6 nitrogen and oxygen atoms in total. The molecule has 1 atom stereocenters. The number of alkyl carbamates (subject to hydrolysis) is 1. The zero-order chi connectivity index (χ0) is 24.5. The van der Waals surface area contributed by atoms with Crippen molar-refractivity contribution >= 4 is 28.0 Å². The van der Waals surface area contributed by atoms with Gasteiger partial charge >= 0.3 is 18.2 Å². The maximum absolute atomic E-state index is 14.8. The SMILES string of the molecule is COC(=O)c1cc(C(F)(F)F)cn1CC(C)(NC(=O)OC(C)(C)C)c1cc(Br)ccc1F. The van der Waals surface area contributed by atoms with Gasteiger partial charge in [0.15, 0.2) is 0 Å². The molecule has 0 bridgehead atoms. The fourth-order valence-corrected chi connectivity index (χ4v) is 3.41. The number of esters is 1. The van der Waals surface area contributed by atoms with Crippen LogP contribution in [0.5, 0.6) is 0 Å². The van der Waals surface area contributed by atoms with Crippen molar-refractivity contribution in [3.05, 3.63) is 57.6 Å². The van der Waals surface area contributed by atoms with Gasteiger partial charge in [-0.2, -0.15) is 13.2 Å². The zero-order valence-corrected chi connectivity index (χ0v) is 19.6. The summed E-state index contributed by atoms with van der Waals surface area (Å²) in [5.41, 5.74) is -4.02. The number of halogens is 5. The molecule has 0 aliphatic rings. The van der Waals surface area contributed by atoms with Gasteiger partial charge in [0.1, 0.15) is 17.1 Å². The summed E-state index contributed by atoms with van der Waals surface area (Å²) < 4.78 is 66.0. The molecular weight excluding hydrogens is 500 g/mol. The summed E-state index contributed by atoms with van der Waals surface area (Å²) in [6.45, 7) is 5.86. The summed E-state index contributed by atoms with van der Waals surface area (Å²) in [5, 5.41) is 2.54. The van der Waals surface area contributed by atoms with Gasteiger partial charge < -0.3 is 19.4 Å². The van der Waals surface area contributed by atoms with E-state index in [0.717, 1.165) is 17.7 Å². The molecule has 176 valence electrons. The minimum Gasteiger partial charge on any atom is -0.464 e. The predicted molar refractivity (Wildman–Crippen MR) is 112 cm³/mol. The maximum Gasteiger partial charge on any atom is 0.417 e. The van der Waals surface area contributed by atoms with Crippen LogP contribution >= 0.6 is 15.9 Å². The molecular formula is C21H23BrF4N2O4. The van der Waals surface area contributed by atoms with Crippen LogP contribution in [0, 0.1) is 5.82 Å². The molecule has 2 rings (SSSR count). The number of amides is 1. The summed E-state index contributed by atoms with van der Waals surface area (Å²) in [5.74, 6) is -1.73. The Labute approximate surface area is 191 Å². The average Bonchev–Trinajstić information content (AvgIpc) is 3.05. The van der Waals surface area contributed by atoms with E-state index in [9.17, 15) is 27.2 Å². The van der Waals surface area contributed by atoms with Crippen LogP contribution in [0.2, 0.25) is 0 Å². The van der Waals surface area contributed by atoms with Crippen molar-refractivity contribution in [2.24, 2.45) is 0 Å². The monoisotopic (exact) mass is 522 g/mol. The molecule has 0 radical (unpaired) electrons. The Hall–Kier alpha value is -2.56. The number of ether oxygens (including phenoxy) is 2. The van der Waals surface area contributed by atoms with E-state index in [1.807, 2.05) is 0 Å². The van der Waals surface area contributed by atoms with Gasteiger partial charge in [-0.15, -0.1) is 0 Å². The third kappa shape index (κ3) is 6.24. The molecule has 1 aromatic heterocycles. The largest absolute Gasteiger partial charge is 0.464 e. The number of nitrogens with zero attached hydrogens (tertiary/aromatic N) is 1. The number of rotatable bonds is 5. The highest BCUT2D eigenvalue weighted by atomic mass is 79.9. The fourth-order valence-electron chi connectivity index (χ4n) is 3.05. The minimum absolute atomic E-state index is 0.0317. The van der Waals surface area contributed by atoms with Crippen molar-refractivity contribution in [2.75, 3.05) is 7.11 Å². The average molecular weight is 523 g/mol. The Kier molecular flexibility index (Phi) is 7.33. The van der Waals surface area contributed by atoms with Gasteiger partial charge in [0.2, 0.25) is 0 Å². The van der Waals surface area contributed by atoms with Crippen molar-refractivity contribution in [1.29, 1.82) is 0 Å². The first kappa shape index (κ1) is 25.7. The number of aromatic nitrogens is 1. The number of nitrogens with one attached hydrogen (secondary N) is 1. The van der Waals surface area contributed by atoms with Crippen LogP contribution in [0.4, 0.5) is 22.4 Å². The Morgan fingerprint density at radius 1 is 1.12 bits per heavy atom. The van der Waals surface area contributed by atoms with Gasteiger partial charge in [0.05, 0.1) is 24.8 Å². The molecule has 1 amide bonds.